The maximum atomic E-state index is 12.4. The van der Waals surface area contributed by atoms with E-state index in [1.807, 2.05) is 54.6 Å². The van der Waals surface area contributed by atoms with Crippen molar-refractivity contribution in [2.24, 2.45) is 0 Å². The number of rotatable bonds is 3. The fraction of sp³-hybridized carbons (Fsp3) is 0.0588. The molecule has 22 heavy (non-hydrogen) atoms. The molecule has 0 bridgehead atoms. The highest BCUT2D eigenvalue weighted by Gasteiger charge is 2.34. The zero-order valence-electron chi connectivity index (χ0n) is 11.5. The Morgan fingerprint density at radius 1 is 1.05 bits per heavy atom. The van der Waals surface area contributed by atoms with E-state index in [-0.39, 0.29) is 17.7 Å². The van der Waals surface area contributed by atoms with Crippen molar-refractivity contribution >= 4 is 44.9 Å². The van der Waals surface area contributed by atoms with E-state index in [0.29, 0.717) is 4.91 Å². The highest BCUT2D eigenvalue weighted by molar-refractivity contribution is 9.10. The van der Waals surface area contributed by atoms with Gasteiger partial charge in [-0.1, -0.05) is 58.4 Å². The predicted octanol–water partition coefficient (Wildman–Crippen LogP) is 4.69. The second-order valence-electron chi connectivity index (χ2n) is 4.81. The van der Waals surface area contributed by atoms with Gasteiger partial charge in [-0.3, -0.25) is 14.5 Å². The van der Waals surface area contributed by atoms with Gasteiger partial charge in [0.1, 0.15) is 0 Å². The lowest BCUT2D eigenvalue weighted by Crippen LogP contribution is -2.27. The predicted molar refractivity (Wildman–Crippen MR) is 92.1 cm³/mol. The van der Waals surface area contributed by atoms with Crippen LogP contribution in [-0.4, -0.2) is 16.0 Å². The van der Waals surface area contributed by atoms with E-state index in [1.165, 1.54) is 4.90 Å². The van der Waals surface area contributed by atoms with Gasteiger partial charge >= 0.3 is 0 Å². The number of hydrogen-bond donors (Lipinski definition) is 0. The molecular weight excluding hydrogens is 362 g/mol. The lowest BCUT2D eigenvalue weighted by Gasteiger charge is -2.12. The van der Waals surface area contributed by atoms with E-state index in [1.54, 1.807) is 6.08 Å². The van der Waals surface area contributed by atoms with Gasteiger partial charge in [0.2, 0.25) is 0 Å². The Morgan fingerprint density at radius 2 is 1.82 bits per heavy atom. The second-order valence-corrected chi connectivity index (χ2v) is 6.72. The summed E-state index contributed by atoms with van der Waals surface area (Å²) >= 11 is 4.38. The van der Waals surface area contributed by atoms with Crippen molar-refractivity contribution in [1.82, 2.24) is 4.90 Å². The minimum atomic E-state index is -0.237. The molecule has 0 aliphatic carbocycles. The average Bonchev–Trinajstić information content (AvgIpc) is 2.76. The lowest BCUT2D eigenvalue weighted by atomic mass is 10.2. The number of thioether (sulfide) groups is 1. The molecule has 0 saturated carbocycles. The van der Waals surface area contributed by atoms with Crippen molar-refractivity contribution in [3.63, 3.8) is 0 Å². The van der Waals surface area contributed by atoms with Crippen LogP contribution in [0.3, 0.4) is 0 Å². The number of carbonyl (C=O) groups excluding carboxylic acids is 2. The summed E-state index contributed by atoms with van der Waals surface area (Å²) in [4.78, 5) is 26.2. The molecule has 110 valence electrons. The molecule has 1 aliphatic rings. The van der Waals surface area contributed by atoms with Gasteiger partial charge in [0.05, 0.1) is 11.4 Å². The monoisotopic (exact) mass is 373 g/mol. The molecule has 0 unspecified atom stereocenters. The van der Waals surface area contributed by atoms with Crippen LogP contribution in [0.2, 0.25) is 0 Å². The van der Waals surface area contributed by atoms with Gasteiger partial charge in [-0.2, -0.15) is 0 Å². The topological polar surface area (TPSA) is 37.4 Å². The minimum Gasteiger partial charge on any atom is -0.268 e. The van der Waals surface area contributed by atoms with E-state index in [4.69, 9.17) is 0 Å². The molecule has 0 atom stereocenters. The molecule has 2 amide bonds. The van der Waals surface area contributed by atoms with Crippen molar-refractivity contribution in [1.29, 1.82) is 0 Å². The molecule has 1 aliphatic heterocycles. The summed E-state index contributed by atoms with van der Waals surface area (Å²) in [7, 11) is 0. The highest BCUT2D eigenvalue weighted by Crippen LogP contribution is 2.33. The van der Waals surface area contributed by atoms with Crippen LogP contribution in [0.25, 0.3) is 6.08 Å². The Morgan fingerprint density at radius 3 is 2.55 bits per heavy atom. The summed E-state index contributed by atoms with van der Waals surface area (Å²) in [5, 5.41) is -0.229. The van der Waals surface area contributed by atoms with Crippen molar-refractivity contribution in [3.05, 3.63) is 75.1 Å². The lowest BCUT2D eigenvalue weighted by molar-refractivity contribution is -0.123. The van der Waals surface area contributed by atoms with E-state index >= 15 is 0 Å². The first-order valence-corrected chi connectivity index (χ1v) is 8.29. The van der Waals surface area contributed by atoms with Crippen LogP contribution in [-0.2, 0) is 11.3 Å². The number of benzene rings is 2. The zero-order chi connectivity index (χ0) is 15.5. The molecule has 2 aromatic carbocycles. The Bertz CT molecular complexity index is 758. The minimum absolute atomic E-state index is 0.229. The molecular formula is C17H12BrNO2S. The second kappa shape index (κ2) is 6.50. The molecule has 0 radical (unpaired) electrons. The standard InChI is InChI=1S/C17H12BrNO2S/c18-14-8-4-7-13(9-14)11-19-16(20)15(22-17(19)21)10-12-5-2-1-3-6-12/h1-10H,11H2/b15-10+. The van der Waals surface area contributed by atoms with Crippen LogP contribution < -0.4 is 0 Å². The average molecular weight is 374 g/mol. The van der Waals surface area contributed by atoms with E-state index < -0.39 is 0 Å². The number of nitrogens with zero attached hydrogens (tertiary/aromatic N) is 1. The highest BCUT2D eigenvalue weighted by atomic mass is 79.9. The number of imide groups is 1. The first-order valence-electron chi connectivity index (χ1n) is 6.68. The van der Waals surface area contributed by atoms with Crippen LogP contribution in [0, 0.1) is 0 Å². The van der Waals surface area contributed by atoms with Gasteiger partial charge in [-0.05, 0) is 41.1 Å². The third-order valence-electron chi connectivity index (χ3n) is 3.20. The maximum absolute atomic E-state index is 12.4. The van der Waals surface area contributed by atoms with Gasteiger partial charge in [0, 0.05) is 4.47 Å². The number of hydrogen-bond acceptors (Lipinski definition) is 3. The van der Waals surface area contributed by atoms with Gasteiger partial charge in [0.15, 0.2) is 0 Å². The molecule has 1 saturated heterocycles. The fourth-order valence-electron chi connectivity index (χ4n) is 2.15. The fourth-order valence-corrected chi connectivity index (χ4v) is 3.44. The van der Waals surface area contributed by atoms with Crippen molar-refractivity contribution in [2.75, 3.05) is 0 Å². The molecule has 0 spiro atoms. The van der Waals surface area contributed by atoms with E-state index in [2.05, 4.69) is 15.9 Å². The Hall–Kier alpha value is -1.85. The molecule has 2 aromatic rings. The first kappa shape index (κ1) is 15.1. The van der Waals surface area contributed by atoms with Crippen molar-refractivity contribution < 1.29 is 9.59 Å². The number of carbonyl (C=O) groups is 2. The largest absolute Gasteiger partial charge is 0.293 e. The zero-order valence-corrected chi connectivity index (χ0v) is 13.9. The van der Waals surface area contributed by atoms with Crippen LogP contribution in [0.1, 0.15) is 11.1 Å². The summed E-state index contributed by atoms with van der Waals surface area (Å²) in [5.74, 6) is -0.237. The van der Waals surface area contributed by atoms with Crippen molar-refractivity contribution in [2.45, 2.75) is 6.54 Å². The first-order chi connectivity index (χ1) is 10.6. The third kappa shape index (κ3) is 3.31. The van der Waals surface area contributed by atoms with Crippen LogP contribution >= 0.6 is 27.7 Å². The normalized spacial score (nSPS) is 16.6. The maximum Gasteiger partial charge on any atom is 0.293 e. The molecule has 0 aromatic heterocycles. The Balaban J connectivity index is 1.81. The summed E-state index contributed by atoms with van der Waals surface area (Å²) < 4.78 is 0.928. The van der Waals surface area contributed by atoms with Crippen LogP contribution in [0.4, 0.5) is 4.79 Å². The SMILES string of the molecule is O=C1S/C(=C/c2ccccc2)C(=O)N1Cc1cccc(Br)c1. The van der Waals surface area contributed by atoms with Gasteiger partial charge in [-0.25, -0.2) is 0 Å². The third-order valence-corrected chi connectivity index (χ3v) is 4.60. The quantitative estimate of drug-likeness (QED) is 0.732. The molecule has 0 N–H and O–H groups in total. The summed E-state index contributed by atoms with van der Waals surface area (Å²) in [6, 6.07) is 17.1. The van der Waals surface area contributed by atoms with Gasteiger partial charge < -0.3 is 0 Å². The van der Waals surface area contributed by atoms with Crippen LogP contribution in [0.5, 0.6) is 0 Å². The number of halogens is 1. The Labute approximate surface area is 141 Å². The van der Waals surface area contributed by atoms with E-state index in [0.717, 1.165) is 27.4 Å². The van der Waals surface area contributed by atoms with Gasteiger partial charge in [0.25, 0.3) is 11.1 Å². The van der Waals surface area contributed by atoms with E-state index in [9.17, 15) is 9.59 Å². The Kier molecular flexibility index (Phi) is 4.45. The molecule has 3 nitrogen and oxygen atoms in total. The molecule has 1 heterocycles. The summed E-state index contributed by atoms with van der Waals surface area (Å²) in [6.45, 7) is 0.288. The molecule has 3 rings (SSSR count). The summed E-state index contributed by atoms with van der Waals surface area (Å²) in [6.07, 6.45) is 1.76. The van der Waals surface area contributed by atoms with Crippen LogP contribution in [0.15, 0.2) is 64.0 Å². The smallest absolute Gasteiger partial charge is 0.268 e. The molecule has 1 fully saturated rings. The van der Waals surface area contributed by atoms with Gasteiger partial charge in [-0.15, -0.1) is 0 Å². The van der Waals surface area contributed by atoms with Crippen molar-refractivity contribution in [3.8, 4) is 0 Å². The summed E-state index contributed by atoms with van der Waals surface area (Å²) in [5.41, 5.74) is 1.83. The number of amides is 2. The molecule has 5 heteroatoms.